The Balaban J connectivity index is 2.80. The van der Waals surface area contributed by atoms with Gasteiger partial charge in [-0.15, -0.1) is 0 Å². The zero-order valence-corrected chi connectivity index (χ0v) is 17.6. The van der Waals surface area contributed by atoms with Crippen LogP contribution in [0.3, 0.4) is 0 Å². The van der Waals surface area contributed by atoms with Crippen LogP contribution in [0.4, 0.5) is 0 Å². The average molecular weight is 428 g/mol. The molecule has 1 aliphatic rings. The molecule has 0 aromatic heterocycles. The summed E-state index contributed by atoms with van der Waals surface area (Å²) in [5, 5.41) is 23.1. The number of likely N-dealkylation sites (tertiary alicyclic amines) is 1. The molecular weight excluding hydrogens is 396 g/mol. The van der Waals surface area contributed by atoms with Gasteiger partial charge in [0, 0.05) is 13.0 Å². The first-order valence-electron chi connectivity index (χ1n) is 10.0. The monoisotopic (exact) mass is 428 g/mol. The van der Waals surface area contributed by atoms with Crippen molar-refractivity contribution in [3.05, 3.63) is 0 Å². The highest BCUT2D eigenvalue weighted by Crippen LogP contribution is 2.18. The maximum atomic E-state index is 12.6. The number of rotatable bonds is 11. The zero-order chi connectivity index (χ0) is 23.0. The molecule has 1 aliphatic heterocycles. The second-order valence-electron chi connectivity index (χ2n) is 7.99. The van der Waals surface area contributed by atoms with Crippen molar-refractivity contribution in [1.29, 1.82) is 0 Å². The predicted octanol–water partition coefficient (Wildman–Crippen LogP) is -0.710. The lowest BCUT2D eigenvalue weighted by Gasteiger charge is -2.27. The number of carbonyl (C=O) groups excluding carboxylic acids is 3. The minimum atomic E-state index is -1.18. The lowest BCUT2D eigenvalue weighted by atomic mass is 10.0. The van der Waals surface area contributed by atoms with Crippen molar-refractivity contribution in [3.63, 3.8) is 0 Å². The van der Waals surface area contributed by atoms with E-state index in [1.807, 2.05) is 13.8 Å². The van der Waals surface area contributed by atoms with Gasteiger partial charge in [0.25, 0.3) is 0 Å². The van der Waals surface area contributed by atoms with E-state index in [9.17, 15) is 29.1 Å². The number of hydrogen-bond acceptors (Lipinski definition) is 6. The fraction of sp³-hybridized carbons (Fsp3) is 0.737. The number of hydrogen-bond donors (Lipinski definition) is 5. The molecule has 3 amide bonds. The number of nitrogens with one attached hydrogen (secondary N) is 2. The molecule has 1 saturated heterocycles. The molecule has 11 nitrogen and oxygen atoms in total. The summed E-state index contributed by atoms with van der Waals surface area (Å²) in [6.45, 7) is 5.47. The van der Waals surface area contributed by atoms with E-state index in [4.69, 9.17) is 10.8 Å². The molecule has 0 aliphatic carbocycles. The molecule has 30 heavy (non-hydrogen) atoms. The summed E-state index contributed by atoms with van der Waals surface area (Å²) in [6, 6.07) is -4.01. The molecule has 1 rings (SSSR count). The Labute approximate surface area is 175 Å². The van der Waals surface area contributed by atoms with Crippen LogP contribution in [-0.4, -0.2) is 75.5 Å². The molecule has 0 aromatic rings. The van der Waals surface area contributed by atoms with Crippen molar-refractivity contribution in [1.82, 2.24) is 15.5 Å². The lowest BCUT2D eigenvalue weighted by Crippen LogP contribution is -2.56. The summed E-state index contributed by atoms with van der Waals surface area (Å²) in [6.07, 6.45) is 0.734. The summed E-state index contributed by atoms with van der Waals surface area (Å²) in [7, 11) is 0. The molecule has 1 heterocycles. The van der Waals surface area contributed by atoms with Gasteiger partial charge in [0.2, 0.25) is 17.7 Å². The van der Waals surface area contributed by atoms with Crippen molar-refractivity contribution in [2.45, 2.75) is 77.0 Å². The van der Waals surface area contributed by atoms with E-state index in [-0.39, 0.29) is 25.3 Å². The zero-order valence-electron chi connectivity index (χ0n) is 17.6. The Bertz CT molecular complexity index is 667. The van der Waals surface area contributed by atoms with Crippen molar-refractivity contribution in [2.24, 2.45) is 11.7 Å². The van der Waals surface area contributed by atoms with Crippen molar-refractivity contribution >= 4 is 29.7 Å². The third-order valence-corrected chi connectivity index (χ3v) is 4.89. The van der Waals surface area contributed by atoms with Crippen LogP contribution in [0.1, 0.15) is 52.9 Å². The van der Waals surface area contributed by atoms with Crippen LogP contribution in [0.25, 0.3) is 0 Å². The number of carboxylic acid groups (broad SMARTS) is 2. The van der Waals surface area contributed by atoms with E-state index in [2.05, 4.69) is 10.6 Å². The Morgan fingerprint density at radius 3 is 2.23 bits per heavy atom. The van der Waals surface area contributed by atoms with Gasteiger partial charge in [-0.3, -0.25) is 19.2 Å². The van der Waals surface area contributed by atoms with Gasteiger partial charge in [-0.05, 0) is 38.5 Å². The van der Waals surface area contributed by atoms with E-state index >= 15 is 0 Å². The first kappa shape index (κ1) is 25.3. The molecule has 11 heteroatoms. The van der Waals surface area contributed by atoms with Gasteiger partial charge in [-0.2, -0.15) is 0 Å². The maximum Gasteiger partial charge on any atom is 0.326 e. The van der Waals surface area contributed by atoms with Crippen LogP contribution in [0, 0.1) is 5.92 Å². The summed E-state index contributed by atoms with van der Waals surface area (Å²) in [5.41, 5.74) is 5.82. The van der Waals surface area contributed by atoms with Gasteiger partial charge >= 0.3 is 11.9 Å². The van der Waals surface area contributed by atoms with Crippen molar-refractivity contribution < 1.29 is 34.2 Å². The predicted molar refractivity (Wildman–Crippen MR) is 106 cm³/mol. The summed E-state index contributed by atoms with van der Waals surface area (Å²) < 4.78 is 0. The average Bonchev–Trinajstić information content (AvgIpc) is 3.13. The number of carbonyl (C=O) groups is 5. The second-order valence-corrected chi connectivity index (χ2v) is 7.99. The number of carboxylic acids is 2. The molecule has 0 bridgehead atoms. The summed E-state index contributed by atoms with van der Waals surface area (Å²) in [5.74, 6) is -3.96. The third kappa shape index (κ3) is 7.62. The Hall–Kier alpha value is -2.69. The molecule has 0 radical (unpaired) electrons. The van der Waals surface area contributed by atoms with Crippen molar-refractivity contribution in [2.75, 3.05) is 6.54 Å². The number of amides is 3. The normalized spacial score (nSPS) is 19.1. The Kier molecular flexibility index (Phi) is 9.70. The van der Waals surface area contributed by atoms with E-state index in [0.29, 0.717) is 19.3 Å². The highest BCUT2D eigenvalue weighted by atomic mass is 16.4. The fourth-order valence-corrected chi connectivity index (χ4v) is 3.34. The van der Waals surface area contributed by atoms with Gasteiger partial charge in [-0.1, -0.05) is 13.8 Å². The van der Waals surface area contributed by atoms with Crippen LogP contribution in [-0.2, 0) is 24.0 Å². The highest BCUT2D eigenvalue weighted by Gasteiger charge is 2.37. The molecular formula is C19H32N4O7. The third-order valence-electron chi connectivity index (χ3n) is 4.89. The van der Waals surface area contributed by atoms with Crippen molar-refractivity contribution in [3.8, 4) is 0 Å². The number of nitrogens with two attached hydrogens (primary N) is 1. The topological polar surface area (TPSA) is 179 Å². The molecule has 1 fully saturated rings. The number of nitrogens with zero attached hydrogens (tertiary/aromatic N) is 1. The van der Waals surface area contributed by atoms with E-state index in [0.717, 1.165) is 0 Å². The standard InChI is InChI=1S/C19H32N4O7/c1-10(2)9-12(20)16(26)22-13(6-7-15(24)25)17(27)21-11(3)18(28)23-8-4-5-14(23)19(29)30/h10-14H,4-9,20H2,1-3H3,(H,21,27)(H,22,26)(H,24,25)(H,29,30). The fourth-order valence-electron chi connectivity index (χ4n) is 3.34. The van der Waals surface area contributed by atoms with Gasteiger partial charge in [0.05, 0.1) is 6.04 Å². The first-order valence-corrected chi connectivity index (χ1v) is 10.0. The minimum Gasteiger partial charge on any atom is -0.481 e. The van der Waals surface area contributed by atoms with Gasteiger partial charge in [0.1, 0.15) is 18.1 Å². The quantitative estimate of drug-likeness (QED) is 0.286. The number of aliphatic carboxylic acids is 2. The second kappa shape index (κ2) is 11.5. The largest absolute Gasteiger partial charge is 0.481 e. The van der Waals surface area contributed by atoms with Gasteiger partial charge < -0.3 is 31.5 Å². The van der Waals surface area contributed by atoms with E-state index in [1.54, 1.807) is 0 Å². The van der Waals surface area contributed by atoms with Gasteiger partial charge in [0.15, 0.2) is 0 Å². The maximum absolute atomic E-state index is 12.6. The molecule has 6 N–H and O–H groups in total. The van der Waals surface area contributed by atoms with Crippen LogP contribution in [0.5, 0.6) is 0 Å². The molecule has 0 saturated carbocycles. The van der Waals surface area contributed by atoms with Crippen LogP contribution in [0.2, 0.25) is 0 Å². The smallest absolute Gasteiger partial charge is 0.326 e. The minimum absolute atomic E-state index is 0.150. The lowest BCUT2D eigenvalue weighted by molar-refractivity contribution is -0.149. The molecule has 170 valence electrons. The van der Waals surface area contributed by atoms with E-state index < -0.39 is 53.8 Å². The Morgan fingerprint density at radius 2 is 1.70 bits per heavy atom. The summed E-state index contributed by atoms with van der Waals surface area (Å²) in [4.78, 5) is 60.9. The molecule has 4 atom stereocenters. The van der Waals surface area contributed by atoms with Gasteiger partial charge in [-0.25, -0.2) is 4.79 Å². The molecule has 0 aromatic carbocycles. The van der Waals surface area contributed by atoms with E-state index in [1.165, 1.54) is 11.8 Å². The van der Waals surface area contributed by atoms with Crippen LogP contribution < -0.4 is 16.4 Å². The Morgan fingerprint density at radius 1 is 1.07 bits per heavy atom. The SMILES string of the molecule is CC(C)CC(N)C(=O)NC(CCC(=O)O)C(=O)NC(C)C(=O)N1CCCC1C(=O)O. The van der Waals surface area contributed by atoms with Crippen LogP contribution >= 0.6 is 0 Å². The first-order chi connectivity index (χ1) is 13.9. The summed E-state index contributed by atoms with van der Waals surface area (Å²) >= 11 is 0. The van der Waals surface area contributed by atoms with Crippen LogP contribution in [0.15, 0.2) is 0 Å². The molecule has 0 spiro atoms. The molecule has 4 unspecified atom stereocenters. The highest BCUT2D eigenvalue weighted by molar-refractivity contribution is 5.94.